The molecule has 0 N–H and O–H groups in total. The summed E-state index contributed by atoms with van der Waals surface area (Å²) in [6.45, 7) is 12.9. The molecule has 0 amide bonds. The molecule has 0 saturated carbocycles. The average Bonchev–Trinajstić information content (AvgIpc) is 2.74. The van der Waals surface area contributed by atoms with E-state index in [0.29, 0.717) is 34.1 Å². The number of ether oxygens (including phenoxy) is 2. The lowest BCUT2D eigenvalue weighted by Gasteiger charge is -2.29. The molecule has 3 rings (SSSR count). The molecule has 0 aliphatic carbocycles. The molecule has 0 spiro atoms. The van der Waals surface area contributed by atoms with Gasteiger partial charge in [0.25, 0.3) is 0 Å². The molecule has 3 aromatic carbocycles. The number of hydrogen-bond acceptors (Lipinski definition) is 4. The van der Waals surface area contributed by atoms with Gasteiger partial charge in [0.15, 0.2) is 11.5 Å². The molecule has 4 heteroatoms. The van der Waals surface area contributed by atoms with E-state index < -0.39 is 0 Å². The minimum atomic E-state index is -0.202. The summed E-state index contributed by atoms with van der Waals surface area (Å²) in [5.74, 6) is 2.50. The van der Waals surface area contributed by atoms with Gasteiger partial charge in [-0.05, 0) is 71.0 Å². The van der Waals surface area contributed by atoms with Crippen molar-refractivity contribution in [2.24, 2.45) is 0 Å². The van der Waals surface area contributed by atoms with Gasteiger partial charge in [-0.2, -0.15) is 10.5 Å². The molecule has 0 radical (unpaired) electrons. The van der Waals surface area contributed by atoms with Crippen LogP contribution >= 0.6 is 0 Å². The first-order chi connectivity index (χ1) is 15.0. The van der Waals surface area contributed by atoms with Gasteiger partial charge in [-0.3, -0.25) is 0 Å². The predicted octanol–water partition coefficient (Wildman–Crippen LogP) is 7.61. The third-order valence-corrected chi connectivity index (χ3v) is 5.14. The van der Waals surface area contributed by atoms with Crippen molar-refractivity contribution < 1.29 is 9.47 Å². The van der Waals surface area contributed by atoms with Crippen LogP contribution < -0.4 is 9.47 Å². The van der Waals surface area contributed by atoms with Gasteiger partial charge in [0.05, 0.1) is 23.3 Å². The van der Waals surface area contributed by atoms with E-state index in [1.54, 1.807) is 48.5 Å². The van der Waals surface area contributed by atoms with E-state index in [1.165, 1.54) is 0 Å². The summed E-state index contributed by atoms with van der Waals surface area (Å²) >= 11 is 0. The largest absolute Gasteiger partial charge is 0.453 e. The second kappa shape index (κ2) is 8.77. The highest BCUT2D eigenvalue weighted by molar-refractivity contribution is 5.56. The molecule has 162 valence electrons. The molecule has 0 unspecified atom stereocenters. The van der Waals surface area contributed by atoms with Crippen molar-refractivity contribution in [2.45, 2.75) is 52.4 Å². The Morgan fingerprint density at radius 3 is 1.50 bits per heavy atom. The summed E-state index contributed by atoms with van der Waals surface area (Å²) in [4.78, 5) is 0. The third-order valence-electron chi connectivity index (χ3n) is 5.14. The molecule has 4 nitrogen and oxygen atoms in total. The Morgan fingerprint density at radius 2 is 1.09 bits per heavy atom. The van der Waals surface area contributed by atoms with Gasteiger partial charge in [-0.1, -0.05) is 47.6 Å². The van der Waals surface area contributed by atoms with Crippen molar-refractivity contribution in [1.82, 2.24) is 0 Å². The zero-order valence-corrected chi connectivity index (χ0v) is 19.5. The molecular weight excluding hydrogens is 396 g/mol. The zero-order valence-electron chi connectivity index (χ0n) is 19.5. The van der Waals surface area contributed by atoms with Crippen molar-refractivity contribution in [3.8, 4) is 35.1 Å². The van der Waals surface area contributed by atoms with Crippen molar-refractivity contribution >= 4 is 0 Å². The Balaban J connectivity index is 2.17. The monoisotopic (exact) mass is 424 g/mol. The Morgan fingerprint density at radius 1 is 0.625 bits per heavy atom. The minimum absolute atomic E-state index is 0.0876. The average molecular weight is 425 g/mol. The van der Waals surface area contributed by atoms with Crippen molar-refractivity contribution in [3.05, 3.63) is 82.9 Å². The van der Waals surface area contributed by atoms with Gasteiger partial charge in [0.1, 0.15) is 11.5 Å². The SMILES string of the molecule is CC(C)(C)c1cc(Oc2ccc(C#N)cc2)c(Oc2ccc(C#N)cc2)c(C(C)(C)C)c1. The van der Waals surface area contributed by atoms with Crippen molar-refractivity contribution in [2.75, 3.05) is 0 Å². The van der Waals surface area contributed by atoms with Crippen LogP contribution in [0.1, 0.15) is 63.8 Å². The smallest absolute Gasteiger partial charge is 0.173 e. The molecule has 0 atom stereocenters. The second-order valence-electron chi connectivity index (χ2n) is 9.83. The van der Waals surface area contributed by atoms with Gasteiger partial charge < -0.3 is 9.47 Å². The summed E-state index contributed by atoms with van der Waals surface area (Å²) in [6.07, 6.45) is 0. The van der Waals surface area contributed by atoms with Crippen molar-refractivity contribution in [3.63, 3.8) is 0 Å². The molecule has 0 aliphatic heterocycles. The summed E-state index contributed by atoms with van der Waals surface area (Å²) in [6, 6.07) is 22.5. The van der Waals surface area contributed by atoms with Crippen LogP contribution in [-0.4, -0.2) is 0 Å². The maximum atomic E-state index is 9.09. The highest BCUT2D eigenvalue weighted by Crippen LogP contribution is 2.45. The van der Waals surface area contributed by atoms with Gasteiger partial charge in [0, 0.05) is 5.56 Å². The Hall–Kier alpha value is -3.76. The fourth-order valence-electron chi connectivity index (χ4n) is 3.21. The van der Waals surface area contributed by atoms with Crippen molar-refractivity contribution in [1.29, 1.82) is 10.5 Å². The van der Waals surface area contributed by atoms with Crippen LogP contribution in [0.25, 0.3) is 0 Å². The maximum Gasteiger partial charge on any atom is 0.173 e. The summed E-state index contributed by atoms with van der Waals surface area (Å²) < 4.78 is 12.7. The Kier molecular flexibility index (Phi) is 6.28. The number of nitrogens with zero attached hydrogens (tertiary/aromatic N) is 2. The third kappa shape index (κ3) is 5.29. The summed E-state index contributed by atoms with van der Waals surface area (Å²) in [5, 5.41) is 18.2. The Labute approximate surface area is 190 Å². The molecule has 32 heavy (non-hydrogen) atoms. The number of hydrogen-bond donors (Lipinski definition) is 0. The molecular formula is C28H28N2O2. The first kappa shape index (κ1) is 22.9. The van der Waals surface area contributed by atoms with Crippen LogP contribution in [0.5, 0.6) is 23.0 Å². The van der Waals surface area contributed by atoms with Gasteiger partial charge >= 0.3 is 0 Å². The zero-order chi connectivity index (χ0) is 23.5. The van der Waals surface area contributed by atoms with Crippen LogP contribution in [0.15, 0.2) is 60.7 Å². The molecule has 0 fully saturated rings. The fourth-order valence-corrected chi connectivity index (χ4v) is 3.21. The first-order valence-electron chi connectivity index (χ1n) is 10.6. The van der Waals surface area contributed by atoms with Gasteiger partial charge in [-0.25, -0.2) is 0 Å². The van der Waals surface area contributed by atoms with E-state index in [4.69, 9.17) is 20.0 Å². The van der Waals surface area contributed by atoms with E-state index in [0.717, 1.165) is 11.1 Å². The summed E-state index contributed by atoms with van der Waals surface area (Å²) in [5.41, 5.74) is 3.02. The lowest BCUT2D eigenvalue weighted by molar-refractivity contribution is 0.401. The fraction of sp³-hybridized carbons (Fsp3) is 0.286. The lowest BCUT2D eigenvalue weighted by Crippen LogP contribution is -2.18. The molecule has 0 heterocycles. The topological polar surface area (TPSA) is 66.0 Å². The van der Waals surface area contributed by atoms with E-state index in [2.05, 4.69) is 59.7 Å². The van der Waals surface area contributed by atoms with Gasteiger partial charge in [0.2, 0.25) is 0 Å². The maximum absolute atomic E-state index is 9.09. The number of benzene rings is 3. The predicted molar refractivity (Wildman–Crippen MR) is 126 cm³/mol. The van der Waals surface area contributed by atoms with E-state index in [-0.39, 0.29) is 10.8 Å². The molecule has 0 saturated heterocycles. The van der Waals surface area contributed by atoms with Crippen LogP contribution in [0.4, 0.5) is 0 Å². The van der Waals surface area contributed by atoms with E-state index >= 15 is 0 Å². The molecule has 0 aromatic heterocycles. The van der Waals surface area contributed by atoms with Crippen LogP contribution in [0.2, 0.25) is 0 Å². The number of rotatable bonds is 4. The highest BCUT2D eigenvalue weighted by Gasteiger charge is 2.27. The molecule has 3 aromatic rings. The van der Waals surface area contributed by atoms with Crippen LogP contribution in [0, 0.1) is 22.7 Å². The standard InChI is InChI=1S/C28H28N2O2/c1-27(2,3)21-15-24(28(4,5)6)26(32-23-13-9-20(18-30)10-14-23)25(16-21)31-22-11-7-19(17-29)8-12-22/h7-16H,1-6H3. The van der Waals surface area contributed by atoms with E-state index in [1.807, 2.05) is 6.07 Å². The minimum Gasteiger partial charge on any atom is -0.453 e. The second-order valence-corrected chi connectivity index (χ2v) is 9.83. The van der Waals surface area contributed by atoms with Gasteiger partial charge in [-0.15, -0.1) is 0 Å². The molecule has 0 aliphatic rings. The quantitative estimate of drug-likeness (QED) is 0.432. The van der Waals surface area contributed by atoms with Crippen LogP contribution in [0.3, 0.4) is 0 Å². The normalized spacial score (nSPS) is 11.4. The highest BCUT2D eigenvalue weighted by atomic mass is 16.5. The summed E-state index contributed by atoms with van der Waals surface area (Å²) in [7, 11) is 0. The molecule has 0 bridgehead atoms. The lowest BCUT2D eigenvalue weighted by atomic mass is 9.80. The number of nitriles is 2. The van der Waals surface area contributed by atoms with Crippen LogP contribution in [-0.2, 0) is 10.8 Å². The first-order valence-corrected chi connectivity index (χ1v) is 10.6. The van der Waals surface area contributed by atoms with E-state index in [9.17, 15) is 0 Å². The Bertz CT molecular complexity index is 1180.